The number of nitrogens with zero attached hydrogens (tertiary/aromatic N) is 1. The van der Waals surface area contributed by atoms with Gasteiger partial charge in [-0.3, -0.25) is 0 Å². The molecule has 1 aromatic carbocycles. The molecule has 0 spiro atoms. The Morgan fingerprint density at radius 1 is 1.31 bits per heavy atom. The highest BCUT2D eigenvalue weighted by Crippen LogP contribution is 2.28. The van der Waals surface area contributed by atoms with Crippen molar-refractivity contribution in [2.24, 2.45) is 0 Å². The molecule has 0 fully saturated rings. The zero-order valence-corrected chi connectivity index (χ0v) is 9.98. The molecule has 2 rings (SSSR count). The van der Waals surface area contributed by atoms with Crippen LogP contribution in [0, 0.1) is 0 Å². The maximum absolute atomic E-state index is 9.75. The Hall–Kier alpha value is -1.28. The van der Waals surface area contributed by atoms with Crippen LogP contribution in [0.1, 0.15) is 31.9 Å². The van der Waals surface area contributed by atoms with E-state index in [0.717, 1.165) is 25.1 Å². The van der Waals surface area contributed by atoms with E-state index < -0.39 is 6.10 Å². The second-order valence-corrected chi connectivity index (χ2v) is 4.48. The lowest BCUT2D eigenvalue weighted by atomic mass is 10.0. The molecule has 1 unspecified atom stereocenters. The van der Waals surface area contributed by atoms with E-state index in [2.05, 4.69) is 24.0 Å². The summed E-state index contributed by atoms with van der Waals surface area (Å²) in [5.74, 6) is 0. The Bertz CT molecular complexity index is 395. The van der Waals surface area contributed by atoms with Crippen molar-refractivity contribution < 1.29 is 5.11 Å². The van der Waals surface area contributed by atoms with Gasteiger partial charge in [0.25, 0.3) is 0 Å². The third-order valence-electron chi connectivity index (χ3n) is 3.16. The van der Waals surface area contributed by atoms with Crippen molar-refractivity contribution in [1.29, 1.82) is 0 Å². The summed E-state index contributed by atoms with van der Waals surface area (Å²) >= 11 is 0. The molecule has 2 nitrogen and oxygen atoms in total. The van der Waals surface area contributed by atoms with Crippen molar-refractivity contribution >= 4 is 5.69 Å². The van der Waals surface area contributed by atoms with Gasteiger partial charge in [0.15, 0.2) is 0 Å². The molecule has 0 amide bonds. The zero-order chi connectivity index (χ0) is 11.5. The molecule has 16 heavy (non-hydrogen) atoms. The van der Waals surface area contributed by atoms with Gasteiger partial charge in [0.2, 0.25) is 0 Å². The van der Waals surface area contributed by atoms with Gasteiger partial charge in [0.05, 0.1) is 6.10 Å². The van der Waals surface area contributed by atoms with Crippen LogP contribution in [0.25, 0.3) is 0 Å². The Morgan fingerprint density at radius 2 is 2.06 bits per heavy atom. The van der Waals surface area contributed by atoms with Crippen LogP contribution in [0.15, 0.2) is 35.9 Å². The van der Waals surface area contributed by atoms with Gasteiger partial charge in [-0.25, -0.2) is 0 Å². The molecule has 0 radical (unpaired) electrons. The summed E-state index contributed by atoms with van der Waals surface area (Å²) in [6.07, 6.45) is 2.99. The number of aliphatic hydroxyl groups is 1. The van der Waals surface area contributed by atoms with Gasteiger partial charge in [-0.05, 0) is 26.3 Å². The topological polar surface area (TPSA) is 23.5 Å². The minimum absolute atomic E-state index is 0.400. The molecule has 86 valence electrons. The lowest BCUT2D eigenvalue weighted by molar-refractivity contribution is 0.199. The first-order valence-corrected chi connectivity index (χ1v) is 5.86. The van der Waals surface area contributed by atoms with Crippen molar-refractivity contribution in [3.05, 3.63) is 41.5 Å². The van der Waals surface area contributed by atoms with Gasteiger partial charge in [-0.15, -0.1) is 0 Å². The summed E-state index contributed by atoms with van der Waals surface area (Å²) in [4.78, 5) is 2.33. The monoisotopic (exact) mass is 217 g/mol. The maximum Gasteiger partial charge on any atom is 0.0781 e. The Balaban J connectivity index is 2.27. The fraction of sp³-hybridized carbons (Fsp3) is 0.429. The Morgan fingerprint density at radius 3 is 2.69 bits per heavy atom. The molecule has 0 aliphatic carbocycles. The van der Waals surface area contributed by atoms with Gasteiger partial charge in [0, 0.05) is 24.3 Å². The first-order valence-electron chi connectivity index (χ1n) is 5.86. The van der Waals surface area contributed by atoms with Gasteiger partial charge in [0.1, 0.15) is 0 Å². The smallest absolute Gasteiger partial charge is 0.0781 e. The second kappa shape index (κ2) is 4.71. The van der Waals surface area contributed by atoms with Crippen molar-refractivity contribution in [3.63, 3.8) is 0 Å². The number of hydrogen-bond acceptors (Lipinski definition) is 2. The van der Waals surface area contributed by atoms with E-state index in [-0.39, 0.29) is 0 Å². The predicted octanol–water partition coefficient (Wildman–Crippen LogP) is 2.90. The summed E-state index contributed by atoms with van der Waals surface area (Å²) in [6.45, 7) is 6.00. The lowest BCUT2D eigenvalue weighted by Gasteiger charge is -2.30. The number of benzene rings is 1. The molecule has 2 heteroatoms. The van der Waals surface area contributed by atoms with E-state index in [1.165, 1.54) is 11.3 Å². The molecule has 1 aromatic rings. The standard InChI is InChI=1S/C14H19NO/c1-11-7-9-15(10-8-11)14-6-4-3-5-13(14)12(2)16/h3-7,12,16H,8-10H2,1-2H3. The number of hydrogen-bond donors (Lipinski definition) is 1. The normalized spacial score (nSPS) is 18.2. The average Bonchev–Trinajstić information content (AvgIpc) is 2.30. The minimum atomic E-state index is -0.400. The van der Waals surface area contributed by atoms with Crippen LogP contribution in [-0.4, -0.2) is 18.2 Å². The number of anilines is 1. The molecule has 0 bridgehead atoms. The largest absolute Gasteiger partial charge is 0.389 e. The summed E-state index contributed by atoms with van der Waals surface area (Å²) < 4.78 is 0. The molecule has 1 N–H and O–H groups in total. The molecular weight excluding hydrogens is 198 g/mol. The molecule has 0 saturated heterocycles. The van der Waals surface area contributed by atoms with Gasteiger partial charge in [-0.2, -0.15) is 0 Å². The Labute approximate surface area is 97.2 Å². The molecule has 0 aromatic heterocycles. The van der Waals surface area contributed by atoms with Gasteiger partial charge < -0.3 is 10.0 Å². The summed E-state index contributed by atoms with van der Waals surface area (Å²) in [6, 6.07) is 8.12. The van der Waals surface area contributed by atoms with Crippen LogP contribution in [0.2, 0.25) is 0 Å². The second-order valence-electron chi connectivity index (χ2n) is 4.48. The van der Waals surface area contributed by atoms with Crippen LogP contribution in [-0.2, 0) is 0 Å². The van der Waals surface area contributed by atoms with Crippen LogP contribution < -0.4 is 4.90 Å². The van der Waals surface area contributed by atoms with Crippen molar-refractivity contribution in [1.82, 2.24) is 0 Å². The first kappa shape index (κ1) is 11.2. The number of rotatable bonds is 2. The van der Waals surface area contributed by atoms with Crippen molar-refractivity contribution in [2.75, 3.05) is 18.0 Å². The van der Waals surface area contributed by atoms with E-state index in [9.17, 15) is 5.11 Å². The SMILES string of the molecule is CC1=CCN(c2ccccc2C(C)O)CC1. The zero-order valence-electron chi connectivity index (χ0n) is 9.98. The maximum atomic E-state index is 9.75. The number of aliphatic hydroxyl groups excluding tert-OH is 1. The van der Waals surface area contributed by atoms with Crippen molar-refractivity contribution in [3.8, 4) is 0 Å². The lowest BCUT2D eigenvalue weighted by Crippen LogP contribution is -2.29. The van der Waals surface area contributed by atoms with Gasteiger partial charge >= 0.3 is 0 Å². The molecular formula is C14H19NO. The molecule has 1 heterocycles. The molecule has 1 atom stereocenters. The predicted molar refractivity (Wildman–Crippen MR) is 67.7 cm³/mol. The van der Waals surface area contributed by atoms with Crippen LogP contribution in [0.4, 0.5) is 5.69 Å². The highest BCUT2D eigenvalue weighted by Gasteiger charge is 2.15. The average molecular weight is 217 g/mol. The fourth-order valence-electron chi connectivity index (χ4n) is 2.12. The molecule has 1 aliphatic heterocycles. The van der Waals surface area contributed by atoms with Crippen LogP contribution in [0.3, 0.4) is 0 Å². The minimum Gasteiger partial charge on any atom is -0.389 e. The van der Waals surface area contributed by atoms with Crippen molar-refractivity contribution in [2.45, 2.75) is 26.4 Å². The van der Waals surface area contributed by atoms with Gasteiger partial charge in [-0.1, -0.05) is 29.8 Å². The summed E-state index contributed by atoms with van der Waals surface area (Å²) in [5.41, 5.74) is 3.66. The third-order valence-corrected chi connectivity index (χ3v) is 3.16. The summed E-state index contributed by atoms with van der Waals surface area (Å²) in [7, 11) is 0. The first-order chi connectivity index (χ1) is 7.68. The highest BCUT2D eigenvalue weighted by atomic mass is 16.3. The fourth-order valence-corrected chi connectivity index (χ4v) is 2.12. The van der Waals surface area contributed by atoms with Crippen LogP contribution >= 0.6 is 0 Å². The molecule has 1 aliphatic rings. The highest BCUT2D eigenvalue weighted by molar-refractivity contribution is 5.55. The van der Waals surface area contributed by atoms with E-state index in [4.69, 9.17) is 0 Å². The third kappa shape index (κ3) is 2.27. The number of para-hydroxylation sites is 1. The molecule has 0 saturated carbocycles. The van der Waals surface area contributed by atoms with E-state index in [1.54, 1.807) is 0 Å². The van der Waals surface area contributed by atoms with E-state index >= 15 is 0 Å². The van der Waals surface area contributed by atoms with Crippen LogP contribution in [0.5, 0.6) is 0 Å². The quantitative estimate of drug-likeness (QED) is 0.770. The summed E-state index contributed by atoms with van der Waals surface area (Å²) in [5, 5.41) is 9.75. The van der Waals surface area contributed by atoms with E-state index in [1.807, 2.05) is 25.1 Å². The Kier molecular flexibility index (Phi) is 3.30. The van der Waals surface area contributed by atoms with E-state index in [0.29, 0.717) is 0 Å².